The molecular weight excluding hydrogens is 336 g/mol. The highest BCUT2D eigenvalue weighted by Gasteiger charge is 2.23. The van der Waals surface area contributed by atoms with E-state index in [1.54, 1.807) is 0 Å². The molecule has 4 nitrogen and oxygen atoms in total. The van der Waals surface area contributed by atoms with E-state index in [0.717, 1.165) is 36.1 Å². The summed E-state index contributed by atoms with van der Waals surface area (Å²) in [6.07, 6.45) is 1.97. The molecule has 0 aliphatic rings. The second kappa shape index (κ2) is 11.5. The van der Waals surface area contributed by atoms with Crippen molar-refractivity contribution in [3.05, 3.63) is 65.7 Å². The Hall–Kier alpha value is -2.04. The Bertz CT molecular complexity index is 635. The molecule has 25 heavy (non-hydrogen) atoms. The van der Waals surface area contributed by atoms with Crippen molar-refractivity contribution in [2.75, 3.05) is 13.1 Å². The molecule has 0 aliphatic carbocycles. The molecule has 5 heteroatoms. The van der Waals surface area contributed by atoms with Crippen molar-refractivity contribution in [1.29, 1.82) is 0 Å². The first-order valence-corrected chi connectivity index (χ1v) is 8.53. The lowest BCUT2D eigenvalue weighted by Gasteiger charge is -2.20. The number of carbonyl (C=O) groups excluding carboxylic acids is 1. The molecule has 0 spiro atoms. The van der Waals surface area contributed by atoms with Gasteiger partial charge in [0, 0.05) is 12.1 Å². The van der Waals surface area contributed by atoms with Gasteiger partial charge in [-0.3, -0.25) is 4.79 Å². The second-order valence-electron chi connectivity index (χ2n) is 5.66. The smallest absolute Gasteiger partial charge is 0.265 e. The van der Waals surface area contributed by atoms with Crippen molar-refractivity contribution in [3.8, 4) is 5.75 Å². The number of carbonyl (C=O) groups is 1. The van der Waals surface area contributed by atoms with Gasteiger partial charge in [-0.2, -0.15) is 0 Å². The highest BCUT2D eigenvalue weighted by atomic mass is 35.5. The van der Waals surface area contributed by atoms with E-state index in [0.29, 0.717) is 13.1 Å². The highest BCUT2D eigenvalue weighted by Crippen LogP contribution is 2.26. The molecule has 0 fully saturated rings. The van der Waals surface area contributed by atoms with E-state index in [4.69, 9.17) is 10.5 Å². The lowest BCUT2D eigenvalue weighted by atomic mass is 10.1. The molecule has 1 unspecified atom stereocenters. The molecule has 0 radical (unpaired) electrons. The van der Waals surface area contributed by atoms with Gasteiger partial charge in [0.05, 0.1) is 0 Å². The van der Waals surface area contributed by atoms with Gasteiger partial charge in [-0.15, -0.1) is 12.4 Å². The Balaban J connectivity index is 0.00000312. The molecule has 0 saturated carbocycles. The van der Waals surface area contributed by atoms with Crippen molar-refractivity contribution < 1.29 is 9.53 Å². The summed E-state index contributed by atoms with van der Waals surface area (Å²) in [5, 5.41) is 2.95. The fourth-order valence-corrected chi connectivity index (χ4v) is 2.51. The van der Waals surface area contributed by atoms with Crippen molar-refractivity contribution >= 4 is 18.3 Å². The van der Waals surface area contributed by atoms with Crippen molar-refractivity contribution in [3.63, 3.8) is 0 Å². The van der Waals surface area contributed by atoms with Gasteiger partial charge in [-0.25, -0.2) is 0 Å². The zero-order chi connectivity index (χ0) is 17.2. The minimum atomic E-state index is -0.656. The maximum absolute atomic E-state index is 12.6. The predicted octanol–water partition coefficient (Wildman–Crippen LogP) is 3.65. The third kappa shape index (κ3) is 6.40. The van der Waals surface area contributed by atoms with Crippen LogP contribution in [0.1, 0.15) is 37.0 Å². The summed E-state index contributed by atoms with van der Waals surface area (Å²) in [6.45, 7) is 3.32. The summed E-state index contributed by atoms with van der Waals surface area (Å²) in [5.41, 5.74) is 7.43. The first-order valence-electron chi connectivity index (χ1n) is 8.53. The number of nitrogens with two attached hydrogens (primary N) is 1. The summed E-state index contributed by atoms with van der Waals surface area (Å²) >= 11 is 0. The Morgan fingerprint density at radius 2 is 1.76 bits per heavy atom. The van der Waals surface area contributed by atoms with Crippen LogP contribution in [0.25, 0.3) is 0 Å². The van der Waals surface area contributed by atoms with Crippen LogP contribution in [0, 0.1) is 0 Å². The van der Waals surface area contributed by atoms with E-state index in [-0.39, 0.29) is 18.3 Å². The molecule has 0 saturated heterocycles. The molecule has 2 rings (SSSR count). The molecule has 1 atom stereocenters. The Morgan fingerprint density at radius 3 is 2.44 bits per heavy atom. The van der Waals surface area contributed by atoms with E-state index in [1.165, 1.54) is 0 Å². The average molecular weight is 363 g/mol. The topological polar surface area (TPSA) is 64.3 Å². The maximum Gasteiger partial charge on any atom is 0.265 e. The van der Waals surface area contributed by atoms with Crippen LogP contribution in [-0.4, -0.2) is 19.0 Å². The van der Waals surface area contributed by atoms with Crippen LogP contribution in [0.3, 0.4) is 0 Å². The van der Waals surface area contributed by atoms with Crippen molar-refractivity contribution in [2.45, 2.75) is 32.3 Å². The summed E-state index contributed by atoms with van der Waals surface area (Å²) in [7, 11) is 0. The summed E-state index contributed by atoms with van der Waals surface area (Å²) in [4.78, 5) is 12.6. The van der Waals surface area contributed by atoms with Gasteiger partial charge in [-0.05, 0) is 37.4 Å². The summed E-state index contributed by atoms with van der Waals surface area (Å²) in [6, 6.07) is 17.4. The van der Waals surface area contributed by atoms with Crippen LogP contribution in [0.4, 0.5) is 0 Å². The molecule has 0 bridgehead atoms. The number of rotatable bonds is 9. The normalized spacial score (nSPS) is 11.3. The van der Waals surface area contributed by atoms with Gasteiger partial charge in [0.1, 0.15) is 5.75 Å². The number of benzene rings is 2. The van der Waals surface area contributed by atoms with Gasteiger partial charge in [0.2, 0.25) is 6.10 Å². The third-order valence-electron chi connectivity index (χ3n) is 3.87. The van der Waals surface area contributed by atoms with Crippen LogP contribution >= 0.6 is 12.4 Å². The molecule has 0 heterocycles. The van der Waals surface area contributed by atoms with Gasteiger partial charge >= 0.3 is 0 Å². The number of halogens is 1. The lowest BCUT2D eigenvalue weighted by molar-refractivity contribution is -0.128. The average Bonchev–Trinajstić information content (AvgIpc) is 2.64. The molecule has 0 aromatic heterocycles. The number of nitrogens with one attached hydrogen (secondary N) is 1. The Kier molecular flexibility index (Phi) is 9.66. The number of amides is 1. The molecule has 3 N–H and O–H groups in total. The van der Waals surface area contributed by atoms with Crippen molar-refractivity contribution in [1.82, 2.24) is 5.32 Å². The molecule has 1 amide bonds. The molecule has 0 aliphatic heterocycles. The third-order valence-corrected chi connectivity index (χ3v) is 3.87. The number of unbranched alkanes of at least 4 members (excludes halogenated alkanes) is 1. The van der Waals surface area contributed by atoms with E-state index in [9.17, 15) is 4.79 Å². The lowest BCUT2D eigenvalue weighted by Crippen LogP contribution is -2.33. The van der Waals surface area contributed by atoms with E-state index < -0.39 is 6.10 Å². The van der Waals surface area contributed by atoms with Crippen LogP contribution in [-0.2, 0) is 11.2 Å². The maximum atomic E-state index is 12.6. The zero-order valence-corrected chi connectivity index (χ0v) is 15.4. The Labute approximate surface area is 156 Å². The van der Waals surface area contributed by atoms with Gasteiger partial charge in [0.15, 0.2) is 0 Å². The molecule has 136 valence electrons. The standard InChI is InChI=1S/C20H26N2O2.ClH/c1-2-16-10-6-7-13-18(16)24-19(17-11-4-3-5-12-17)20(23)22-15-9-8-14-21;/h3-7,10-13,19H,2,8-9,14-15,21H2,1H3,(H,22,23);1H. The van der Waals surface area contributed by atoms with Gasteiger partial charge in [-0.1, -0.05) is 55.5 Å². The number of hydrogen-bond acceptors (Lipinski definition) is 3. The minimum Gasteiger partial charge on any atom is -0.476 e. The number of aryl methyl sites for hydroxylation is 1. The summed E-state index contributed by atoms with van der Waals surface area (Å²) in [5.74, 6) is 0.634. The van der Waals surface area contributed by atoms with Crippen molar-refractivity contribution in [2.24, 2.45) is 5.73 Å². The van der Waals surface area contributed by atoms with Crippen LogP contribution in [0.2, 0.25) is 0 Å². The number of hydrogen-bond donors (Lipinski definition) is 2. The quantitative estimate of drug-likeness (QED) is 0.669. The fraction of sp³-hybridized carbons (Fsp3) is 0.350. The largest absolute Gasteiger partial charge is 0.476 e. The first-order chi connectivity index (χ1) is 11.8. The van der Waals surface area contributed by atoms with E-state index in [2.05, 4.69) is 12.2 Å². The number of ether oxygens (including phenoxy) is 1. The number of para-hydroxylation sites is 1. The van der Waals surface area contributed by atoms with Gasteiger partial charge in [0.25, 0.3) is 5.91 Å². The van der Waals surface area contributed by atoms with E-state index >= 15 is 0 Å². The zero-order valence-electron chi connectivity index (χ0n) is 14.6. The van der Waals surface area contributed by atoms with Crippen LogP contribution < -0.4 is 15.8 Å². The van der Waals surface area contributed by atoms with Gasteiger partial charge < -0.3 is 15.8 Å². The predicted molar refractivity (Wildman–Crippen MR) is 104 cm³/mol. The SMILES string of the molecule is CCc1ccccc1OC(C(=O)NCCCCN)c1ccccc1.Cl. The molecule has 2 aromatic rings. The Morgan fingerprint density at radius 1 is 1.08 bits per heavy atom. The molecule has 2 aromatic carbocycles. The van der Waals surface area contributed by atoms with Crippen LogP contribution in [0.5, 0.6) is 5.75 Å². The monoisotopic (exact) mass is 362 g/mol. The fourth-order valence-electron chi connectivity index (χ4n) is 2.51. The molecular formula is C20H27ClN2O2. The van der Waals surface area contributed by atoms with E-state index in [1.807, 2.05) is 54.6 Å². The second-order valence-corrected chi connectivity index (χ2v) is 5.66. The first kappa shape index (κ1) is 21.0. The van der Waals surface area contributed by atoms with Crippen LogP contribution in [0.15, 0.2) is 54.6 Å². The minimum absolute atomic E-state index is 0. The summed E-state index contributed by atoms with van der Waals surface area (Å²) < 4.78 is 6.10. The highest BCUT2D eigenvalue weighted by molar-refractivity contribution is 5.85.